The van der Waals surface area contributed by atoms with E-state index >= 15 is 0 Å². The zero-order chi connectivity index (χ0) is 18.5. The molecule has 0 fully saturated rings. The molecule has 3 rings (SSSR count). The Bertz CT molecular complexity index is 776. The van der Waals surface area contributed by atoms with Gasteiger partial charge in [-0.25, -0.2) is 0 Å². The predicted molar refractivity (Wildman–Crippen MR) is 96.2 cm³/mol. The third kappa shape index (κ3) is 4.30. The van der Waals surface area contributed by atoms with E-state index in [4.69, 9.17) is 14.2 Å². The summed E-state index contributed by atoms with van der Waals surface area (Å²) in [4.78, 5) is 12.9. The molecule has 0 unspecified atom stereocenters. The van der Waals surface area contributed by atoms with Gasteiger partial charge >= 0.3 is 0 Å². The van der Waals surface area contributed by atoms with Crippen LogP contribution < -0.4 is 9.47 Å². The highest BCUT2D eigenvalue weighted by Gasteiger charge is 2.21. The summed E-state index contributed by atoms with van der Waals surface area (Å²) in [7, 11) is 1.97. The van der Waals surface area contributed by atoms with Crippen LogP contribution in [0.1, 0.15) is 23.6 Å². The lowest BCUT2D eigenvalue weighted by Crippen LogP contribution is -2.20. The predicted octanol–water partition coefficient (Wildman–Crippen LogP) is 3.49. The molecule has 0 saturated heterocycles. The molecule has 0 saturated carbocycles. The minimum Gasteiger partial charge on any atom is -0.494 e. The molecule has 138 valence electrons. The number of rotatable bonds is 7. The summed E-state index contributed by atoms with van der Waals surface area (Å²) in [5.41, 5.74) is 2.71. The lowest BCUT2D eigenvalue weighted by Gasteiger charge is -2.23. The summed E-state index contributed by atoms with van der Waals surface area (Å²) in [6, 6.07) is 11.0. The molecule has 0 amide bonds. The zero-order valence-corrected chi connectivity index (χ0v) is 14.9. The van der Waals surface area contributed by atoms with Crippen LogP contribution in [0.15, 0.2) is 36.4 Å². The van der Waals surface area contributed by atoms with Crippen LogP contribution >= 0.6 is 0 Å². The van der Waals surface area contributed by atoms with E-state index < -0.39 is 0 Å². The molecule has 0 aliphatic carbocycles. The number of nitro groups is 1. The monoisotopic (exact) mass is 358 g/mol. The van der Waals surface area contributed by atoms with Gasteiger partial charge in [0.05, 0.1) is 18.1 Å². The van der Waals surface area contributed by atoms with E-state index in [9.17, 15) is 10.1 Å². The Labute approximate surface area is 152 Å². The van der Waals surface area contributed by atoms with Gasteiger partial charge in [0.2, 0.25) is 0 Å². The Morgan fingerprint density at radius 3 is 2.69 bits per heavy atom. The van der Waals surface area contributed by atoms with Gasteiger partial charge in [-0.05, 0) is 31.7 Å². The smallest absolute Gasteiger partial charge is 0.270 e. The first-order chi connectivity index (χ1) is 12.6. The third-order valence-corrected chi connectivity index (χ3v) is 4.11. The Morgan fingerprint density at radius 2 is 2.00 bits per heavy atom. The van der Waals surface area contributed by atoms with Crippen LogP contribution in [0, 0.1) is 10.1 Å². The molecule has 0 radical (unpaired) electrons. The van der Waals surface area contributed by atoms with Crippen molar-refractivity contribution in [2.24, 2.45) is 0 Å². The maximum atomic E-state index is 11.2. The first-order valence-electron chi connectivity index (χ1n) is 8.48. The summed E-state index contributed by atoms with van der Waals surface area (Å²) < 4.78 is 16.3. The van der Waals surface area contributed by atoms with Gasteiger partial charge in [0, 0.05) is 36.3 Å². The quantitative estimate of drug-likeness (QED) is 0.557. The normalized spacial score (nSPS) is 13.2. The largest absolute Gasteiger partial charge is 0.494 e. The molecule has 0 atom stereocenters. The molecule has 1 heterocycles. The number of nitro benzene ring substituents is 1. The van der Waals surface area contributed by atoms with Gasteiger partial charge in [-0.3, -0.25) is 15.0 Å². The van der Waals surface area contributed by atoms with Crippen molar-refractivity contribution < 1.29 is 19.1 Å². The van der Waals surface area contributed by atoms with Crippen molar-refractivity contribution in [2.45, 2.75) is 26.6 Å². The Morgan fingerprint density at radius 1 is 1.23 bits per heavy atom. The molecule has 2 aromatic carbocycles. The van der Waals surface area contributed by atoms with Crippen molar-refractivity contribution in [3.63, 3.8) is 0 Å². The second-order valence-corrected chi connectivity index (χ2v) is 6.21. The van der Waals surface area contributed by atoms with Crippen molar-refractivity contribution in [1.82, 2.24) is 4.90 Å². The fourth-order valence-corrected chi connectivity index (χ4v) is 3.02. The molecule has 26 heavy (non-hydrogen) atoms. The third-order valence-electron chi connectivity index (χ3n) is 4.11. The SMILES string of the molecule is CCOc1ccc(CN(C)Cc2cc([N+](=O)[O-])cc3c2OCOC3)cc1. The number of hydrogen-bond acceptors (Lipinski definition) is 6. The first kappa shape index (κ1) is 18.2. The maximum absolute atomic E-state index is 11.2. The van der Waals surface area contributed by atoms with E-state index in [1.165, 1.54) is 6.07 Å². The van der Waals surface area contributed by atoms with E-state index in [2.05, 4.69) is 4.90 Å². The average molecular weight is 358 g/mol. The van der Waals surface area contributed by atoms with E-state index in [1.807, 2.05) is 38.2 Å². The summed E-state index contributed by atoms with van der Waals surface area (Å²) in [6.07, 6.45) is 0. The van der Waals surface area contributed by atoms with Crippen molar-refractivity contribution in [3.05, 3.63) is 63.2 Å². The average Bonchev–Trinajstić information content (AvgIpc) is 2.63. The summed E-state index contributed by atoms with van der Waals surface area (Å²) >= 11 is 0. The second-order valence-electron chi connectivity index (χ2n) is 6.21. The van der Waals surface area contributed by atoms with E-state index in [0.717, 1.165) is 22.4 Å². The van der Waals surface area contributed by atoms with Crippen LogP contribution in [0.3, 0.4) is 0 Å². The molecule has 0 spiro atoms. The molecule has 7 heteroatoms. The minimum atomic E-state index is -0.384. The van der Waals surface area contributed by atoms with Gasteiger partial charge in [-0.15, -0.1) is 0 Å². The van der Waals surface area contributed by atoms with Crippen LogP contribution in [-0.4, -0.2) is 30.3 Å². The zero-order valence-electron chi connectivity index (χ0n) is 14.9. The number of non-ortho nitro benzene ring substituents is 1. The van der Waals surface area contributed by atoms with Crippen LogP contribution in [0.5, 0.6) is 11.5 Å². The van der Waals surface area contributed by atoms with Gasteiger partial charge in [-0.2, -0.15) is 0 Å². The Hall–Kier alpha value is -2.64. The fraction of sp³-hybridized carbons (Fsp3) is 0.368. The highest BCUT2D eigenvalue weighted by molar-refractivity contribution is 5.50. The van der Waals surface area contributed by atoms with E-state index in [0.29, 0.717) is 32.1 Å². The number of nitrogens with zero attached hydrogens (tertiary/aromatic N) is 2. The summed E-state index contributed by atoms with van der Waals surface area (Å²) in [5, 5.41) is 11.2. The Kier molecular flexibility index (Phi) is 5.70. The maximum Gasteiger partial charge on any atom is 0.270 e. The van der Waals surface area contributed by atoms with Crippen LogP contribution in [0.25, 0.3) is 0 Å². The number of fused-ring (bicyclic) bond motifs is 1. The minimum absolute atomic E-state index is 0.0577. The van der Waals surface area contributed by atoms with Crippen LogP contribution in [0.4, 0.5) is 5.69 Å². The van der Waals surface area contributed by atoms with Crippen molar-refractivity contribution in [3.8, 4) is 11.5 Å². The van der Waals surface area contributed by atoms with E-state index in [1.54, 1.807) is 6.07 Å². The molecule has 2 aromatic rings. The summed E-state index contributed by atoms with van der Waals surface area (Å²) in [6.45, 7) is 4.33. The van der Waals surface area contributed by atoms with Crippen LogP contribution in [-0.2, 0) is 24.4 Å². The van der Waals surface area contributed by atoms with Crippen molar-refractivity contribution in [2.75, 3.05) is 20.4 Å². The van der Waals surface area contributed by atoms with Gasteiger partial charge in [0.1, 0.15) is 11.5 Å². The topological polar surface area (TPSA) is 74.1 Å². The fourth-order valence-electron chi connectivity index (χ4n) is 3.02. The lowest BCUT2D eigenvalue weighted by atomic mass is 10.1. The summed E-state index contributed by atoms with van der Waals surface area (Å²) in [5.74, 6) is 1.54. The van der Waals surface area contributed by atoms with Gasteiger partial charge in [-0.1, -0.05) is 12.1 Å². The van der Waals surface area contributed by atoms with Gasteiger partial charge < -0.3 is 14.2 Å². The second kappa shape index (κ2) is 8.16. The van der Waals surface area contributed by atoms with E-state index in [-0.39, 0.29) is 17.4 Å². The molecule has 0 bridgehead atoms. The van der Waals surface area contributed by atoms with Gasteiger partial charge in [0.15, 0.2) is 6.79 Å². The van der Waals surface area contributed by atoms with Crippen LogP contribution in [0.2, 0.25) is 0 Å². The number of hydrogen-bond donors (Lipinski definition) is 0. The molecule has 1 aliphatic heterocycles. The molecule has 0 aromatic heterocycles. The molecule has 7 nitrogen and oxygen atoms in total. The molecule has 0 N–H and O–H groups in total. The van der Waals surface area contributed by atoms with Crippen molar-refractivity contribution in [1.29, 1.82) is 0 Å². The first-order valence-corrected chi connectivity index (χ1v) is 8.48. The molecular formula is C19H22N2O5. The number of ether oxygens (including phenoxy) is 3. The number of benzene rings is 2. The highest BCUT2D eigenvalue weighted by atomic mass is 16.7. The lowest BCUT2D eigenvalue weighted by molar-refractivity contribution is -0.385. The highest BCUT2D eigenvalue weighted by Crippen LogP contribution is 2.33. The molecular weight excluding hydrogens is 336 g/mol. The van der Waals surface area contributed by atoms with Crippen molar-refractivity contribution >= 4 is 5.69 Å². The van der Waals surface area contributed by atoms with Gasteiger partial charge in [0.25, 0.3) is 5.69 Å². The Balaban J connectivity index is 1.74. The molecule has 1 aliphatic rings. The standard InChI is InChI=1S/C19H22N2O5/c1-3-25-18-6-4-14(5-7-18)10-20(2)11-15-8-17(21(22)23)9-16-12-24-13-26-19(15)16/h4-9H,3,10-13H2,1-2H3.